The van der Waals surface area contributed by atoms with Gasteiger partial charge in [0.1, 0.15) is 0 Å². The van der Waals surface area contributed by atoms with Crippen LogP contribution in [0.4, 0.5) is 0 Å². The average molecular weight is 78.1 g/mol. The molecular weight excluding hydrogens is 72.1 g/mol. The van der Waals surface area contributed by atoms with Crippen molar-refractivity contribution in [3.05, 3.63) is 11.1 Å². The van der Waals surface area contributed by atoms with E-state index in [-0.39, 0.29) is 0 Å². The summed E-state index contributed by atoms with van der Waals surface area (Å²) in [7, 11) is 0. The zero-order valence-electron chi connectivity index (χ0n) is 3.57. The Morgan fingerprint density at radius 3 is 2.50 bits per heavy atom. The molecule has 2 saturated carbocycles. The summed E-state index contributed by atoms with van der Waals surface area (Å²) in [5.74, 6) is 2.28. The number of fused-ring (bicyclic) bond motifs is 1. The van der Waals surface area contributed by atoms with Gasteiger partial charge in [0.2, 0.25) is 0 Å². The highest BCUT2D eigenvalue weighted by molar-refractivity contribution is 5.63. The molecule has 0 spiro atoms. The average Bonchev–Trinajstić information content (AvgIpc) is 2.30. The topological polar surface area (TPSA) is 0 Å². The standard InChI is InChI=1S/C6H6/c1-2-4-5-3(1)6(4)5/h3,5H,1-2H2/t3-,5?/m0/s1. The van der Waals surface area contributed by atoms with Crippen LogP contribution < -0.4 is 0 Å². The predicted molar refractivity (Wildman–Crippen MR) is 23.2 cm³/mol. The van der Waals surface area contributed by atoms with Crippen LogP contribution in [0.15, 0.2) is 11.1 Å². The van der Waals surface area contributed by atoms with Gasteiger partial charge in [-0.2, -0.15) is 0 Å². The Bertz CT molecular complexity index is 147. The summed E-state index contributed by atoms with van der Waals surface area (Å²) in [6.07, 6.45) is 3.00. The SMILES string of the molecule is C1C[C@@H]2C3=C1C32. The van der Waals surface area contributed by atoms with Crippen molar-refractivity contribution in [1.29, 1.82) is 0 Å². The minimum atomic E-state index is 1.13. The zero-order chi connectivity index (χ0) is 3.72. The molecule has 2 atom stereocenters. The van der Waals surface area contributed by atoms with E-state index in [2.05, 4.69) is 0 Å². The van der Waals surface area contributed by atoms with Gasteiger partial charge in [-0.05, 0) is 18.8 Å². The molecule has 4 rings (SSSR count). The molecule has 1 unspecified atom stereocenters. The van der Waals surface area contributed by atoms with Crippen molar-refractivity contribution in [3.8, 4) is 0 Å². The first-order valence-electron chi connectivity index (χ1n) is 2.71. The first-order valence-corrected chi connectivity index (χ1v) is 2.71. The van der Waals surface area contributed by atoms with E-state index in [1.54, 1.807) is 0 Å². The molecule has 2 bridgehead atoms. The van der Waals surface area contributed by atoms with E-state index in [4.69, 9.17) is 0 Å². The summed E-state index contributed by atoms with van der Waals surface area (Å²) in [5.41, 5.74) is 3.72. The Hall–Kier alpha value is -0.260. The van der Waals surface area contributed by atoms with E-state index in [1.807, 2.05) is 11.1 Å². The molecule has 4 aliphatic rings. The molecule has 30 valence electrons. The molecule has 0 aliphatic heterocycles. The molecule has 0 heteroatoms. The summed E-state index contributed by atoms with van der Waals surface area (Å²) in [4.78, 5) is 0. The van der Waals surface area contributed by atoms with E-state index in [9.17, 15) is 0 Å². The monoisotopic (exact) mass is 78.0 g/mol. The van der Waals surface area contributed by atoms with Crippen molar-refractivity contribution in [2.45, 2.75) is 12.8 Å². The van der Waals surface area contributed by atoms with E-state index in [0.29, 0.717) is 0 Å². The molecule has 0 radical (unpaired) electrons. The van der Waals surface area contributed by atoms with Crippen LogP contribution >= 0.6 is 0 Å². The van der Waals surface area contributed by atoms with Crippen LogP contribution in [0.3, 0.4) is 0 Å². The molecule has 2 fully saturated rings. The van der Waals surface area contributed by atoms with Crippen LogP contribution in [0.25, 0.3) is 0 Å². The van der Waals surface area contributed by atoms with Gasteiger partial charge in [0.05, 0.1) is 0 Å². The molecular formula is C6H6. The fourth-order valence-electron chi connectivity index (χ4n) is 1.94. The Labute approximate surface area is 36.9 Å². The van der Waals surface area contributed by atoms with Gasteiger partial charge in [-0.25, -0.2) is 0 Å². The second-order valence-corrected chi connectivity index (χ2v) is 2.60. The van der Waals surface area contributed by atoms with Crippen LogP contribution in [0.5, 0.6) is 0 Å². The number of allylic oxidation sites excluding steroid dienone is 2. The highest BCUT2D eigenvalue weighted by Crippen LogP contribution is 2.76. The van der Waals surface area contributed by atoms with Gasteiger partial charge >= 0.3 is 0 Å². The van der Waals surface area contributed by atoms with E-state index >= 15 is 0 Å². The molecule has 0 nitrogen and oxygen atoms in total. The van der Waals surface area contributed by atoms with Gasteiger partial charge in [0, 0.05) is 5.92 Å². The second kappa shape index (κ2) is 0.351. The summed E-state index contributed by atoms with van der Waals surface area (Å²) >= 11 is 0. The fourth-order valence-corrected chi connectivity index (χ4v) is 1.94. The summed E-state index contributed by atoms with van der Waals surface area (Å²) in [6, 6.07) is 0. The lowest BCUT2D eigenvalue weighted by Gasteiger charge is -1.72. The first kappa shape index (κ1) is 2.15. The van der Waals surface area contributed by atoms with Crippen LogP contribution in [-0.4, -0.2) is 0 Å². The van der Waals surface area contributed by atoms with Gasteiger partial charge < -0.3 is 0 Å². The van der Waals surface area contributed by atoms with Gasteiger partial charge in [0.25, 0.3) is 0 Å². The third-order valence-corrected chi connectivity index (χ3v) is 2.42. The van der Waals surface area contributed by atoms with Gasteiger partial charge in [-0.1, -0.05) is 11.1 Å². The molecule has 0 heterocycles. The molecule has 0 N–H and O–H groups in total. The smallest absolute Gasteiger partial charge is 0.00819 e. The van der Waals surface area contributed by atoms with E-state index in [1.165, 1.54) is 12.8 Å². The molecule has 6 heavy (non-hydrogen) atoms. The summed E-state index contributed by atoms with van der Waals surface area (Å²) < 4.78 is 0. The second-order valence-electron chi connectivity index (χ2n) is 2.60. The number of hydrogen-bond donors (Lipinski definition) is 0. The Morgan fingerprint density at radius 2 is 2.33 bits per heavy atom. The van der Waals surface area contributed by atoms with Crippen LogP contribution in [0, 0.1) is 11.8 Å². The molecule has 0 aromatic heterocycles. The lowest BCUT2D eigenvalue weighted by Crippen LogP contribution is -1.64. The molecule has 0 amide bonds. The van der Waals surface area contributed by atoms with Crippen LogP contribution in [0.1, 0.15) is 12.8 Å². The van der Waals surface area contributed by atoms with Crippen molar-refractivity contribution in [2.24, 2.45) is 11.8 Å². The van der Waals surface area contributed by atoms with Crippen molar-refractivity contribution in [3.63, 3.8) is 0 Å². The maximum Gasteiger partial charge on any atom is 0.00819 e. The van der Waals surface area contributed by atoms with Crippen LogP contribution in [0.2, 0.25) is 0 Å². The predicted octanol–water partition coefficient (Wildman–Crippen LogP) is 1.34. The zero-order valence-corrected chi connectivity index (χ0v) is 3.57. The van der Waals surface area contributed by atoms with Crippen molar-refractivity contribution < 1.29 is 0 Å². The van der Waals surface area contributed by atoms with E-state index in [0.717, 1.165) is 11.8 Å². The number of rotatable bonds is 0. The molecule has 0 saturated heterocycles. The third kappa shape index (κ3) is 0.0653. The lowest BCUT2D eigenvalue weighted by molar-refractivity contribution is 0.820. The van der Waals surface area contributed by atoms with Crippen molar-refractivity contribution in [1.82, 2.24) is 0 Å². The molecule has 0 aromatic carbocycles. The maximum atomic E-state index is 1.87. The Kier molecular flexibility index (Phi) is 0.126. The Balaban J connectivity index is 2.40. The van der Waals surface area contributed by atoms with Gasteiger partial charge in [-0.3, -0.25) is 0 Å². The summed E-state index contributed by atoms with van der Waals surface area (Å²) in [6.45, 7) is 0. The highest BCUT2D eigenvalue weighted by Gasteiger charge is 2.64. The van der Waals surface area contributed by atoms with Crippen LogP contribution in [-0.2, 0) is 0 Å². The summed E-state index contributed by atoms with van der Waals surface area (Å²) in [5, 5.41) is 0. The first-order chi connectivity index (χ1) is 2.98. The normalized spacial score (nSPS) is 56.0. The quantitative estimate of drug-likeness (QED) is 0.383. The minimum absolute atomic E-state index is 1.13. The fraction of sp³-hybridized carbons (Fsp3) is 0.667. The van der Waals surface area contributed by atoms with E-state index < -0.39 is 0 Å². The van der Waals surface area contributed by atoms with Gasteiger partial charge in [0.15, 0.2) is 0 Å². The van der Waals surface area contributed by atoms with Crippen molar-refractivity contribution >= 4 is 0 Å². The molecule has 0 aromatic rings. The lowest BCUT2D eigenvalue weighted by atomic mass is 10.3. The Morgan fingerprint density at radius 1 is 1.50 bits per heavy atom. The third-order valence-electron chi connectivity index (χ3n) is 2.42. The van der Waals surface area contributed by atoms with Gasteiger partial charge in [-0.15, -0.1) is 0 Å². The molecule has 4 aliphatic carbocycles. The number of hydrogen-bond acceptors (Lipinski definition) is 0. The largest absolute Gasteiger partial charge is 0.0623 e. The maximum absolute atomic E-state index is 1.87. The highest BCUT2D eigenvalue weighted by atomic mass is 14.7. The van der Waals surface area contributed by atoms with Crippen molar-refractivity contribution in [2.75, 3.05) is 0 Å². The minimum Gasteiger partial charge on any atom is -0.0623 e.